The summed E-state index contributed by atoms with van der Waals surface area (Å²) in [6.45, 7) is 18.1. The number of aryl methyl sites for hydroxylation is 2. The van der Waals surface area contributed by atoms with E-state index in [1.807, 2.05) is 0 Å². The maximum absolute atomic E-state index is 2.36. The molecule has 0 bridgehead atoms. The molecule has 0 aromatic heterocycles. The van der Waals surface area contributed by atoms with E-state index in [0.29, 0.717) is 0 Å². The number of hydrogen-bond acceptors (Lipinski definition) is 2. The lowest BCUT2D eigenvalue weighted by molar-refractivity contribution is 0.590. The van der Waals surface area contributed by atoms with Crippen LogP contribution in [-0.2, 0) is 10.8 Å². The highest BCUT2D eigenvalue weighted by atomic mass is 15.1. The van der Waals surface area contributed by atoms with E-state index in [1.165, 1.54) is 66.8 Å². The topological polar surface area (TPSA) is 6.48 Å². The SMILES string of the molecule is Cc1cc(-c2ccc(N(c3ccc(-c4ccccc4)cc3)c3ccc(C(C)(C)C)cc3)cc2)c(C)cc1-c1ccc(N(c2ccc(-c3ccccc3)cc2)c2ccc(C(C)(C)C)cc2)cc1. The minimum absolute atomic E-state index is 0.0779. The van der Waals surface area contributed by atoms with Gasteiger partial charge in [-0.15, -0.1) is 0 Å². The summed E-state index contributed by atoms with van der Waals surface area (Å²) in [5.41, 5.74) is 21.8. The molecule has 9 rings (SSSR count). The van der Waals surface area contributed by atoms with E-state index in [2.05, 4.69) is 284 Å². The Labute approximate surface area is 393 Å². The Hall–Kier alpha value is -7.42. The molecule has 2 heteroatoms. The van der Waals surface area contributed by atoms with Gasteiger partial charge in [-0.05, 0) is 164 Å². The number of nitrogens with zero attached hydrogens (tertiary/aromatic N) is 2. The molecule has 0 radical (unpaired) electrons. The average Bonchev–Trinajstić information content (AvgIpc) is 3.34. The third-order valence-electron chi connectivity index (χ3n) is 12.9. The summed E-state index contributed by atoms with van der Waals surface area (Å²) in [7, 11) is 0. The third kappa shape index (κ3) is 9.37. The van der Waals surface area contributed by atoms with Gasteiger partial charge in [-0.3, -0.25) is 0 Å². The molecule has 0 amide bonds. The van der Waals surface area contributed by atoms with E-state index >= 15 is 0 Å². The van der Waals surface area contributed by atoms with E-state index < -0.39 is 0 Å². The molecular formula is C64H60N2. The fourth-order valence-corrected chi connectivity index (χ4v) is 9.00. The number of anilines is 6. The first-order valence-corrected chi connectivity index (χ1v) is 23.2. The van der Waals surface area contributed by atoms with Crippen molar-refractivity contribution in [2.24, 2.45) is 0 Å². The van der Waals surface area contributed by atoms with Gasteiger partial charge in [-0.1, -0.05) is 187 Å². The van der Waals surface area contributed by atoms with E-state index in [4.69, 9.17) is 0 Å². The van der Waals surface area contributed by atoms with Crippen molar-refractivity contribution in [2.45, 2.75) is 66.2 Å². The summed E-state index contributed by atoms with van der Waals surface area (Å²) in [5, 5.41) is 0. The molecule has 0 N–H and O–H groups in total. The predicted molar refractivity (Wildman–Crippen MR) is 284 cm³/mol. The number of hydrogen-bond donors (Lipinski definition) is 0. The van der Waals surface area contributed by atoms with Crippen molar-refractivity contribution in [3.05, 3.63) is 241 Å². The Morgan fingerprint density at radius 1 is 0.258 bits per heavy atom. The van der Waals surface area contributed by atoms with Crippen LogP contribution >= 0.6 is 0 Å². The Morgan fingerprint density at radius 2 is 0.485 bits per heavy atom. The van der Waals surface area contributed by atoms with E-state index in [1.54, 1.807) is 0 Å². The molecule has 9 aromatic rings. The van der Waals surface area contributed by atoms with Gasteiger partial charge in [0.15, 0.2) is 0 Å². The van der Waals surface area contributed by atoms with Crippen molar-refractivity contribution in [2.75, 3.05) is 9.80 Å². The van der Waals surface area contributed by atoms with Crippen LogP contribution in [0, 0.1) is 13.8 Å². The molecular weight excluding hydrogens is 797 g/mol. The summed E-state index contributed by atoms with van der Waals surface area (Å²) >= 11 is 0. The number of benzene rings is 9. The molecule has 9 aromatic carbocycles. The van der Waals surface area contributed by atoms with Crippen molar-refractivity contribution >= 4 is 34.1 Å². The fraction of sp³-hybridized carbons (Fsp3) is 0.156. The van der Waals surface area contributed by atoms with Crippen molar-refractivity contribution in [3.8, 4) is 44.5 Å². The van der Waals surface area contributed by atoms with Crippen LogP contribution < -0.4 is 9.80 Å². The van der Waals surface area contributed by atoms with Crippen molar-refractivity contribution in [3.63, 3.8) is 0 Å². The first-order chi connectivity index (χ1) is 31.8. The van der Waals surface area contributed by atoms with Crippen LogP contribution in [0.3, 0.4) is 0 Å². The third-order valence-corrected chi connectivity index (χ3v) is 12.9. The minimum atomic E-state index is 0.0779. The molecule has 0 aliphatic carbocycles. The summed E-state index contributed by atoms with van der Waals surface area (Å²) in [6, 6.07) is 79.9. The molecule has 0 aliphatic heterocycles. The molecule has 0 atom stereocenters. The molecule has 0 saturated carbocycles. The predicted octanol–water partition coefficient (Wildman–Crippen LogP) is 18.5. The van der Waals surface area contributed by atoms with Crippen molar-refractivity contribution in [1.82, 2.24) is 0 Å². The average molecular weight is 857 g/mol. The Kier molecular flexibility index (Phi) is 12.1. The zero-order valence-electron chi connectivity index (χ0n) is 39.7. The Balaban J connectivity index is 1.00. The standard InChI is InChI=1S/C64H60N2/c1-45-43-62(52-25-37-58(38-26-52)66(60-41-29-54(30-42-60)64(6,7)8)56-33-21-50(22-34-56)48-17-13-10-14-18-48)46(2)44-61(45)51-23-35-57(36-24-51)65(59-39-27-53(28-40-59)63(3,4)5)55-31-19-49(20-32-55)47-15-11-9-12-16-47/h9-44H,1-8H3. The van der Waals surface area contributed by atoms with Gasteiger partial charge in [-0.2, -0.15) is 0 Å². The van der Waals surface area contributed by atoms with Gasteiger partial charge in [-0.25, -0.2) is 0 Å². The van der Waals surface area contributed by atoms with Gasteiger partial charge in [0.25, 0.3) is 0 Å². The second kappa shape index (κ2) is 18.2. The maximum Gasteiger partial charge on any atom is 0.0462 e. The summed E-state index contributed by atoms with van der Waals surface area (Å²) in [6.07, 6.45) is 0. The molecule has 0 spiro atoms. The van der Waals surface area contributed by atoms with Gasteiger partial charge in [0.05, 0.1) is 0 Å². The maximum atomic E-state index is 2.36. The largest absolute Gasteiger partial charge is 0.311 e. The van der Waals surface area contributed by atoms with Crippen LogP contribution in [-0.4, -0.2) is 0 Å². The second-order valence-electron chi connectivity index (χ2n) is 19.7. The normalized spacial score (nSPS) is 11.6. The van der Waals surface area contributed by atoms with Gasteiger partial charge in [0, 0.05) is 34.1 Å². The van der Waals surface area contributed by atoms with Crippen molar-refractivity contribution < 1.29 is 0 Å². The summed E-state index contributed by atoms with van der Waals surface area (Å²) < 4.78 is 0. The van der Waals surface area contributed by atoms with Crippen LogP contribution in [0.25, 0.3) is 44.5 Å². The first kappa shape index (κ1) is 43.8. The second-order valence-corrected chi connectivity index (χ2v) is 19.7. The molecule has 0 fully saturated rings. The molecule has 326 valence electrons. The van der Waals surface area contributed by atoms with Gasteiger partial charge in [0.1, 0.15) is 0 Å². The number of rotatable bonds is 10. The fourth-order valence-electron chi connectivity index (χ4n) is 9.00. The Morgan fingerprint density at radius 3 is 0.742 bits per heavy atom. The molecule has 2 nitrogen and oxygen atoms in total. The highest BCUT2D eigenvalue weighted by Gasteiger charge is 2.20. The van der Waals surface area contributed by atoms with E-state index in [-0.39, 0.29) is 10.8 Å². The van der Waals surface area contributed by atoms with Crippen LogP contribution in [0.15, 0.2) is 218 Å². The molecule has 0 aliphatic rings. The van der Waals surface area contributed by atoms with Crippen LogP contribution in [0.2, 0.25) is 0 Å². The first-order valence-electron chi connectivity index (χ1n) is 23.2. The van der Waals surface area contributed by atoms with Gasteiger partial charge < -0.3 is 9.80 Å². The van der Waals surface area contributed by atoms with E-state index in [0.717, 1.165) is 34.1 Å². The summed E-state index contributed by atoms with van der Waals surface area (Å²) in [4.78, 5) is 4.72. The monoisotopic (exact) mass is 856 g/mol. The molecule has 66 heavy (non-hydrogen) atoms. The minimum Gasteiger partial charge on any atom is -0.311 e. The quantitative estimate of drug-likeness (QED) is 0.135. The zero-order valence-corrected chi connectivity index (χ0v) is 39.7. The van der Waals surface area contributed by atoms with Gasteiger partial charge >= 0.3 is 0 Å². The van der Waals surface area contributed by atoms with E-state index in [9.17, 15) is 0 Å². The van der Waals surface area contributed by atoms with Gasteiger partial charge in [0.2, 0.25) is 0 Å². The lowest BCUT2D eigenvalue weighted by atomic mass is 9.87. The molecule has 0 unspecified atom stereocenters. The molecule has 0 heterocycles. The lowest BCUT2D eigenvalue weighted by Gasteiger charge is -2.27. The lowest BCUT2D eigenvalue weighted by Crippen LogP contribution is -2.13. The zero-order chi connectivity index (χ0) is 46.0. The smallest absolute Gasteiger partial charge is 0.0462 e. The van der Waals surface area contributed by atoms with Crippen LogP contribution in [0.4, 0.5) is 34.1 Å². The van der Waals surface area contributed by atoms with Crippen LogP contribution in [0.5, 0.6) is 0 Å². The van der Waals surface area contributed by atoms with Crippen LogP contribution in [0.1, 0.15) is 63.8 Å². The highest BCUT2D eigenvalue weighted by Crippen LogP contribution is 2.41. The Bertz CT molecular complexity index is 2810. The summed E-state index contributed by atoms with van der Waals surface area (Å²) in [5.74, 6) is 0. The molecule has 0 saturated heterocycles. The highest BCUT2D eigenvalue weighted by molar-refractivity contribution is 5.84. The van der Waals surface area contributed by atoms with Crippen molar-refractivity contribution in [1.29, 1.82) is 0 Å².